The van der Waals surface area contributed by atoms with E-state index in [-0.39, 0.29) is 12.8 Å². The molecule has 390 valence electrons. The number of nitrogens with one attached hydrogen (secondary N) is 9. The predicted molar refractivity (Wildman–Crippen MR) is 251 cm³/mol. The smallest absolute Gasteiger partial charge is 0.328 e. The molecule has 25 heteroatoms. The summed E-state index contributed by atoms with van der Waals surface area (Å²) < 4.78 is 0. The van der Waals surface area contributed by atoms with Crippen molar-refractivity contribution >= 4 is 53.2 Å². The molecular weight excluding hydrogens is 905 g/mol. The van der Waals surface area contributed by atoms with Crippen molar-refractivity contribution in [3.63, 3.8) is 0 Å². The van der Waals surface area contributed by atoms with Gasteiger partial charge in [-0.2, -0.15) is 0 Å². The average Bonchev–Trinajstić information content (AvgIpc) is 3.28. The molecule has 0 heterocycles. The number of aliphatic carboxylic acids is 1. The van der Waals surface area contributed by atoms with E-state index in [2.05, 4.69) is 47.9 Å². The number of carbonyl (C=O) groups excluding carboxylic acids is 8. The Labute approximate surface area is 402 Å². The molecule has 1 rings (SSSR count). The molecule has 0 aliphatic carbocycles. The van der Waals surface area contributed by atoms with E-state index in [4.69, 9.17) is 17.2 Å². The van der Waals surface area contributed by atoms with Crippen LogP contribution in [0.4, 0.5) is 0 Å². The molecule has 0 aromatic heterocycles. The second kappa shape index (κ2) is 30.6. The summed E-state index contributed by atoms with van der Waals surface area (Å²) in [4.78, 5) is 119. The molecule has 69 heavy (non-hydrogen) atoms. The van der Waals surface area contributed by atoms with Crippen molar-refractivity contribution in [2.75, 3.05) is 19.8 Å². The van der Waals surface area contributed by atoms with Crippen LogP contribution in [0.5, 0.6) is 0 Å². The van der Waals surface area contributed by atoms with Gasteiger partial charge < -0.3 is 80.2 Å². The van der Waals surface area contributed by atoms with Crippen molar-refractivity contribution in [3.8, 4) is 0 Å². The van der Waals surface area contributed by atoms with Crippen molar-refractivity contribution in [3.05, 3.63) is 35.9 Å². The van der Waals surface area contributed by atoms with E-state index < -0.39 is 151 Å². The SMILES string of the molecule is CC[C@H](C)[C@H](NC(=O)[C@H](Cc1ccccc1)NC(=O)[C@@H](NC(=O)[C@H](CO)NC(=O)[C@H](CO)NC(=O)[C@H](C)NC(=O)[C@@H](NC(=O)[C@@H](N)CCCNC(N)N)C(C)C)C(C)C)C(=O)N[C@H](C(=O)O)[C@@H](C)O. The maximum Gasteiger partial charge on any atom is 0.328 e. The van der Waals surface area contributed by atoms with E-state index in [1.165, 1.54) is 13.8 Å². The van der Waals surface area contributed by atoms with Gasteiger partial charge in [0.25, 0.3) is 0 Å². The highest BCUT2D eigenvalue weighted by atomic mass is 16.4. The number of carboxylic acids is 1. The molecule has 0 fully saturated rings. The average molecular weight is 981 g/mol. The number of aliphatic hydroxyl groups is 3. The summed E-state index contributed by atoms with van der Waals surface area (Å²) in [6.07, 6.45) is -1.24. The van der Waals surface area contributed by atoms with Gasteiger partial charge in [-0.25, -0.2) is 4.79 Å². The molecule has 0 radical (unpaired) electrons. The zero-order valence-corrected chi connectivity index (χ0v) is 40.6. The first-order chi connectivity index (χ1) is 32.3. The maximum atomic E-state index is 14.0. The van der Waals surface area contributed by atoms with Crippen LogP contribution in [-0.2, 0) is 49.6 Å². The normalized spacial score (nSPS) is 16.2. The first-order valence-corrected chi connectivity index (χ1v) is 22.9. The molecule has 25 nitrogen and oxygen atoms in total. The van der Waals surface area contributed by atoms with Crippen molar-refractivity contribution in [1.29, 1.82) is 0 Å². The number of amides is 8. The van der Waals surface area contributed by atoms with Gasteiger partial charge in [-0.1, -0.05) is 78.3 Å². The van der Waals surface area contributed by atoms with E-state index in [1.54, 1.807) is 71.9 Å². The molecule has 0 unspecified atom stereocenters. The Kier molecular flexibility index (Phi) is 27.1. The predicted octanol–water partition coefficient (Wildman–Crippen LogP) is -5.17. The van der Waals surface area contributed by atoms with Gasteiger partial charge >= 0.3 is 5.97 Å². The Balaban J connectivity index is 3.15. The highest BCUT2D eigenvalue weighted by Gasteiger charge is 2.37. The lowest BCUT2D eigenvalue weighted by atomic mass is 9.96. The largest absolute Gasteiger partial charge is 0.480 e. The van der Waals surface area contributed by atoms with Gasteiger partial charge in [0.2, 0.25) is 47.3 Å². The van der Waals surface area contributed by atoms with E-state index in [0.29, 0.717) is 24.9 Å². The van der Waals surface area contributed by atoms with E-state index in [1.807, 2.05) is 0 Å². The molecule has 8 amide bonds. The summed E-state index contributed by atoms with van der Waals surface area (Å²) >= 11 is 0. The Morgan fingerprint density at radius 3 is 1.46 bits per heavy atom. The van der Waals surface area contributed by atoms with Crippen LogP contribution < -0.4 is 65.1 Å². The summed E-state index contributed by atoms with van der Waals surface area (Å²) in [5.74, 6) is -10.3. The summed E-state index contributed by atoms with van der Waals surface area (Å²) in [5.41, 5.74) is 17.5. The lowest BCUT2D eigenvalue weighted by Crippen LogP contribution is -2.62. The number of carboxylic acid groups (broad SMARTS) is 1. The third kappa shape index (κ3) is 21.1. The molecule has 0 saturated heterocycles. The summed E-state index contributed by atoms with van der Waals surface area (Å²) in [6, 6.07) is -4.08. The van der Waals surface area contributed by atoms with Gasteiger partial charge in [0.05, 0.1) is 25.4 Å². The zero-order valence-electron chi connectivity index (χ0n) is 40.6. The summed E-state index contributed by atoms with van der Waals surface area (Å²) in [5, 5.41) is 61.9. The Morgan fingerprint density at radius 1 is 0.551 bits per heavy atom. The topological polar surface area (TPSA) is 421 Å². The summed E-state index contributed by atoms with van der Waals surface area (Å²) in [6.45, 7) is 10.7. The third-order valence-corrected chi connectivity index (χ3v) is 11.0. The molecule has 0 aliphatic rings. The van der Waals surface area contributed by atoms with Crippen molar-refractivity contribution in [2.45, 2.75) is 148 Å². The van der Waals surface area contributed by atoms with Crippen molar-refractivity contribution in [2.24, 2.45) is 35.0 Å². The zero-order chi connectivity index (χ0) is 52.7. The molecule has 1 aromatic carbocycles. The van der Waals surface area contributed by atoms with Crippen LogP contribution in [0, 0.1) is 17.8 Å². The number of carbonyl (C=O) groups is 9. The molecule has 0 saturated carbocycles. The Hall–Kier alpha value is -5.83. The Morgan fingerprint density at radius 2 is 0.986 bits per heavy atom. The third-order valence-electron chi connectivity index (χ3n) is 11.0. The van der Waals surface area contributed by atoms with Gasteiger partial charge in [-0.15, -0.1) is 0 Å². The van der Waals surface area contributed by atoms with Crippen LogP contribution in [0.2, 0.25) is 0 Å². The van der Waals surface area contributed by atoms with E-state index >= 15 is 0 Å². The quantitative estimate of drug-likeness (QED) is 0.0244. The minimum Gasteiger partial charge on any atom is -0.480 e. The minimum absolute atomic E-state index is 0.0992. The lowest BCUT2D eigenvalue weighted by Gasteiger charge is -2.30. The molecule has 0 bridgehead atoms. The van der Waals surface area contributed by atoms with Crippen molar-refractivity contribution < 1.29 is 63.6 Å². The number of aliphatic hydroxyl groups excluding tert-OH is 3. The van der Waals surface area contributed by atoms with Gasteiger partial charge in [-0.05, 0) is 56.6 Å². The second-order valence-electron chi connectivity index (χ2n) is 17.6. The van der Waals surface area contributed by atoms with Gasteiger partial charge in [-0.3, -0.25) is 43.7 Å². The van der Waals surface area contributed by atoms with E-state index in [9.17, 15) is 63.6 Å². The Bertz CT molecular complexity index is 1860. The van der Waals surface area contributed by atoms with Crippen LogP contribution in [0.1, 0.15) is 80.2 Å². The highest BCUT2D eigenvalue weighted by molar-refractivity contribution is 5.98. The number of nitrogens with two attached hydrogens (primary N) is 3. The monoisotopic (exact) mass is 981 g/mol. The molecular formula is C44H76N12O13. The minimum atomic E-state index is -1.74. The second-order valence-corrected chi connectivity index (χ2v) is 17.6. The molecule has 1 aromatic rings. The molecule has 19 N–H and O–H groups in total. The lowest BCUT2D eigenvalue weighted by molar-refractivity contribution is -0.145. The highest BCUT2D eigenvalue weighted by Crippen LogP contribution is 2.13. The fraction of sp³-hybridized carbons (Fsp3) is 0.659. The summed E-state index contributed by atoms with van der Waals surface area (Å²) in [7, 11) is 0. The number of rotatable bonds is 31. The first-order valence-electron chi connectivity index (χ1n) is 22.9. The number of hydrogen-bond donors (Lipinski definition) is 16. The van der Waals surface area contributed by atoms with Crippen LogP contribution in [0.25, 0.3) is 0 Å². The fourth-order valence-corrected chi connectivity index (χ4v) is 6.54. The van der Waals surface area contributed by atoms with Crippen LogP contribution in [0.15, 0.2) is 30.3 Å². The van der Waals surface area contributed by atoms with Crippen LogP contribution >= 0.6 is 0 Å². The first kappa shape index (κ1) is 61.2. The number of benzene rings is 1. The molecule has 0 spiro atoms. The van der Waals surface area contributed by atoms with Gasteiger partial charge in [0.1, 0.15) is 48.6 Å². The van der Waals surface area contributed by atoms with Crippen LogP contribution in [-0.4, -0.2) is 160 Å². The van der Waals surface area contributed by atoms with Gasteiger partial charge in [0.15, 0.2) is 6.04 Å². The van der Waals surface area contributed by atoms with Gasteiger partial charge in [0, 0.05) is 6.42 Å². The van der Waals surface area contributed by atoms with Crippen molar-refractivity contribution in [1.82, 2.24) is 47.9 Å². The number of hydrogen-bond acceptors (Lipinski definition) is 16. The molecule has 0 aliphatic heterocycles. The van der Waals surface area contributed by atoms with E-state index in [0.717, 1.165) is 0 Å². The fourth-order valence-electron chi connectivity index (χ4n) is 6.54. The van der Waals surface area contributed by atoms with Crippen LogP contribution in [0.3, 0.4) is 0 Å². The maximum absolute atomic E-state index is 14.0. The standard InChI is InChI=1S/C44H76N12O13/c1-9-23(6)33(42(67)56-34(25(8)59)43(68)69)55-37(62)28(18-26-14-11-10-12-15-26)50-41(66)32(22(4)5)54-39(64)30(20-58)52-38(63)29(19-57)51-35(60)24(7)49-40(65)31(21(2)3)53-36(61)27(45)16-13-17-48-44(46)47/h10-12,14-15,21-25,27-34,44,48,57-59H,9,13,16-20,45-47H2,1-8H3,(H,49,65)(H,50,66)(H,51,60)(H,52,63)(H,53,61)(H,54,64)(H,55,62)(H,56,67)(H,68,69)/t23-,24-,25+,27-,28-,29-,30-,31-,32-,33-,34-/m0/s1. The molecule has 11 atom stereocenters.